The lowest BCUT2D eigenvalue weighted by Crippen LogP contribution is -2.53. The zero-order valence-electron chi connectivity index (χ0n) is 10.6. The number of ether oxygens (including phenoxy) is 2. The Bertz CT molecular complexity index is 238. The summed E-state index contributed by atoms with van der Waals surface area (Å²) < 4.78 is 10.1. The Labute approximate surface area is 97.1 Å². The number of carbonyl (C=O) groups excluding carboxylic acids is 1. The molecule has 0 bridgehead atoms. The standard InChI is InChI=1S/C11H22N2O3/c1-11(2,3)13-5-6-16-9(8-13)7-12-10(14)15-4/h9H,5-8H2,1-4H3,(H,12,14). The molecule has 0 spiro atoms. The Morgan fingerprint density at radius 3 is 2.81 bits per heavy atom. The van der Waals surface area contributed by atoms with Crippen LogP contribution < -0.4 is 5.32 Å². The van der Waals surface area contributed by atoms with E-state index in [0.29, 0.717) is 13.2 Å². The fourth-order valence-electron chi connectivity index (χ4n) is 1.72. The van der Waals surface area contributed by atoms with Crippen molar-refractivity contribution in [1.82, 2.24) is 10.2 Å². The van der Waals surface area contributed by atoms with Crippen molar-refractivity contribution >= 4 is 6.09 Å². The van der Waals surface area contributed by atoms with Gasteiger partial charge in [0.2, 0.25) is 0 Å². The van der Waals surface area contributed by atoms with Gasteiger partial charge in [-0.3, -0.25) is 4.90 Å². The summed E-state index contributed by atoms with van der Waals surface area (Å²) in [4.78, 5) is 13.3. The third kappa shape index (κ3) is 3.98. The highest BCUT2D eigenvalue weighted by Gasteiger charge is 2.28. The van der Waals surface area contributed by atoms with Crippen LogP contribution in [0.15, 0.2) is 0 Å². The van der Waals surface area contributed by atoms with Gasteiger partial charge in [-0.05, 0) is 20.8 Å². The van der Waals surface area contributed by atoms with E-state index in [1.54, 1.807) is 0 Å². The van der Waals surface area contributed by atoms with Crippen molar-refractivity contribution < 1.29 is 14.3 Å². The second kappa shape index (κ2) is 5.50. The number of morpholine rings is 1. The number of nitrogens with zero attached hydrogens (tertiary/aromatic N) is 1. The number of nitrogens with one attached hydrogen (secondary N) is 1. The van der Waals surface area contributed by atoms with E-state index in [2.05, 4.69) is 35.7 Å². The highest BCUT2D eigenvalue weighted by molar-refractivity contribution is 5.66. The van der Waals surface area contributed by atoms with Gasteiger partial charge < -0.3 is 14.8 Å². The molecular weight excluding hydrogens is 208 g/mol. The predicted octanol–water partition coefficient (Wildman–Crippen LogP) is 0.842. The van der Waals surface area contributed by atoms with Crippen LogP contribution in [0.1, 0.15) is 20.8 Å². The summed E-state index contributed by atoms with van der Waals surface area (Å²) in [5, 5.41) is 2.66. The lowest BCUT2D eigenvalue weighted by molar-refractivity contribution is -0.0560. The van der Waals surface area contributed by atoms with E-state index in [4.69, 9.17) is 4.74 Å². The molecule has 0 aromatic heterocycles. The van der Waals surface area contributed by atoms with Crippen LogP contribution in [-0.2, 0) is 9.47 Å². The Morgan fingerprint density at radius 1 is 1.56 bits per heavy atom. The number of amides is 1. The minimum absolute atomic E-state index is 0.0482. The van der Waals surface area contributed by atoms with Crippen LogP contribution in [0.5, 0.6) is 0 Å². The maximum Gasteiger partial charge on any atom is 0.406 e. The highest BCUT2D eigenvalue weighted by atomic mass is 16.5. The predicted molar refractivity (Wildman–Crippen MR) is 61.5 cm³/mol. The van der Waals surface area contributed by atoms with Crippen molar-refractivity contribution in [3.8, 4) is 0 Å². The number of methoxy groups -OCH3 is 1. The van der Waals surface area contributed by atoms with E-state index in [0.717, 1.165) is 13.1 Å². The zero-order chi connectivity index (χ0) is 12.2. The first-order valence-corrected chi connectivity index (χ1v) is 5.62. The van der Waals surface area contributed by atoms with Crippen LogP contribution in [-0.4, -0.2) is 56.0 Å². The molecular formula is C11H22N2O3. The Morgan fingerprint density at radius 2 is 2.25 bits per heavy atom. The topological polar surface area (TPSA) is 50.8 Å². The van der Waals surface area contributed by atoms with Gasteiger partial charge in [-0.15, -0.1) is 0 Å². The highest BCUT2D eigenvalue weighted by Crippen LogP contribution is 2.17. The average molecular weight is 230 g/mol. The summed E-state index contributed by atoms with van der Waals surface area (Å²) >= 11 is 0. The molecule has 0 aromatic carbocycles. The van der Waals surface area contributed by atoms with Gasteiger partial charge in [-0.1, -0.05) is 0 Å². The van der Waals surface area contributed by atoms with Crippen LogP contribution in [0.2, 0.25) is 0 Å². The molecule has 94 valence electrons. The van der Waals surface area contributed by atoms with Gasteiger partial charge in [0.25, 0.3) is 0 Å². The second-order valence-electron chi connectivity index (χ2n) is 4.98. The third-order valence-corrected chi connectivity index (χ3v) is 2.75. The normalized spacial score (nSPS) is 22.9. The van der Waals surface area contributed by atoms with E-state index >= 15 is 0 Å². The van der Waals surface area contributed by atoms with E-state index in [1.807, 2.05) is 0 Å². The van der Waals surface area contributed by atoms with Gasteiger partial charge in [0.05, 0.1) is 19.8 Å². The fourth-order valence-corrected chi connectivity index (χ4v) is 1.72. The Hall–Kier alpha value is -0.810. The number of carbonyl (C=O) groups is 1. The number of alkyl carbamates (subject to hydrolysis) is 1. The molecule has 0 aliphatic carbocycles. The molecule has 0 saturated carbocycles. The molecule has 16 heavy (non-hydrogen) atoms. The molecule has 1 unspecified atom stereocenters. The van der Waals surface area contributed by atoms with Gasteiger partial charge in [-0.25, -0.2) is 4.79 Å². The van der Waals surface area contributed by atoms with Crippen LogP contribution in [0.3, 0.4) is 0 Å². The summed E-state index contributed by atoms with van der Waals surface area (Å²) in [5.74, 6) is 0. The average Bonchev–Trinajstić information content (AvgIpc) is 2.25. The lowest BCUT2D eigenvalue weighted by Gasteiger charge is -2.41. The Balaban J connectivity index is 2.36. The maximum absolute atomic E-state index is 10.9. The molecule has 1 rings (SSSR count). The van der Waals surface area contributed by atoms with Crippen molar-refractivity contribution in [3.05, 3.63) is 0 Å². The monoisotopic (exact) mass is 230 g/mol. The van der Waals surface area contributed by atoms with Gasteiger partial charge in [-0.2, -0.15) is 0 Å². The van der Waals surface area contributed by atoms with Gasteiger partial charge in [0.1, 0.15) is 0 Å². The summed E-state index contributed by atoms with van der Waals surface area (Å²) in [5.41, 5.74) is 0.146. The van der Waals surface area contributed by atoms with Gasteiger partial charge in [0, 0.05) is 25.2 Å². The first-order chi connectivity index (χ1) is 7.43. The van der Waals surface area contributed by atoms with Crippen LogP contribution in [0, 0.1) is 0 Å². The van der Waals surface area contributed by atoms with Crippen molar-refractivity contribution in [1.29, 1.82) is 0 Å². The van der Waals surface area contributed by atoms with Crippen molar-refractivity contribution in [2.24, 2.45) is 0 Å². The smallest absolute Gasteiger partial charge is 0.406 e. The largest absolute Gasteiger partial charge is 0.453 e. The van der Waals surface area contributed by atoms with Gasteiger partial charge >= 0.3 is 6.09 Å². The number of rotatable bonds is 2. The third-order valence-electron chi connectivity index (χ3n) is 2.75. The molecule has 5 nitrogen and oxygen atoms in total. The van der Waals surface area contributed by atoms with E-state index in [1.165, 1.54) is 7.11 Å². The molecule has 5 heteroatoms. The molecule has 1 saturated heterocycles. The summed E-state index contributed by atoms with van der Waals surface area (Å²) in [6.45, 7) is 9.55. The van der Waals surface area contributed by atoms with Crippen molar-refractivity contribution in [3.63, 3.8) is 0 Å². The zero-order valence-corrected chi connectivity index (χ0v) is 10.6. The maximum atomic E-state index is 10.9. The molecule has 0 radical (unpaired) electrons. The summed E-state index contributed by atoms with van der Waals surface area (Å²) in [6, 6.07) is 0. The lowest BCUT2D eigenvalue weighted by atomic mass is 10.0. The van der Waals surface area contributed by atoms with Crippen LogP contribution >= 0.6 is 0 Å². The molecule has 1 aliphatic rings. The van der Waals surface area contributed by atoms with Crippen molar-refractivity contribution in [2.45, 2.75) is 32.4 Å². The second-order valence-corrected chi connectivity index (χ2v) is 4.98. The van der Waals surface area contributed by atoms with E-state index < -0.39 is 6.09 Å². The van der Waals surface area contributed by atoms with Crippen molar-refractivity contribution in [2.75, 3.05) is 33.4 Å². The summed E-state index contributed by atoms with van der Waals surface area (Å²) in [6.07, 6.45) is -0.358. The first-order valence-electron chi connectivity index (χ1n) is 5.62. The molecule has 1 aliphatic heterocycles. The fraction of sp³-hybridized carbons (Fsp3) is 0.909. The molecule has 1 heterocycles. The Kier molecular flexibility index (Phi) is 4.56. The number of hydrogen-bond donors (Lipinski definition) is 1. The summed E-state index contributed by atoms with van der Waals surface area (Å²) in [7, 11) is 1.36. The molecule has 1 amide bonds. The van der Waals surface area contributed by atoms with Crippen LogP contribution in [0.25, 0.3) is 0 Å². The minimum atomic E-state index is -0.406. The van der Waals surface area contributed by atoms with E-state index in [-0.39, 0.29) is 11.6 Å². The quantitative estimate of drug-likeness (QED) is 0.764. The number of hydrogen-bond acceptors (Lipinski definition) is 4. The molecule has 1 N–H and O–H groups in total. The van der Waals surface area contributed by atoms with E-state index in [9.17, 15) is 4.79 Å². The molecule has 0 aromatic rings. The molecule has 1 fully saturated rings. The SMILES string of the molecule is COC(=O)NCC1CN(C(C)(C)C)CCO1. The first kappa shape index (κ1) is 13.3. The minimum Gasteiger partial charge on any atom is -0.453 e. The van der Waals surface area contributed by atoms with Gasteiger partial charge in [0.15, 0.2) is 0 Å². The molecule has 1 atom stereocenters. The van der Waals surface area contributed by atoms with Crippen LogP contribution in [0.4, 0.5) is 4.79 Å².